The number of ether oxygens (including phenoxy) is 1. The highest BCUT2D eigenvalue weighted by Crippen LogP contribution is 2.25. The summed E-state index contributed by atoms with van der Waals surface area (Å²) in [5.41, 5.74) is 1.90. The van der Waals surface area contributed by atoms with Crippen molar-refractivity contribution in [2.45, 2.75) is 0 Å². The molecule has 0 radical (unpaired) electrons. The molecule has 0 N–H and O–H groups in total. The first kappa shape index (κ1) is 20.2. The summed E-state index contributed by atoms with van der Waals surface area (Å²) in [6, 6.07) is 19.0. The number of methoxy groups -OCH3 is 1. The van der Waals surface area contributed by atoms with E-state index in [9.17, 15) is 10.1 Å². The fraction of sp³-hybridized carbons (Fsp3) is 0.208. The Morgan fingerprint density at radius 3 is 2.42 bits per heavy atom. The minimum atomic E-state index is -0.0214. The third-order valence-electron chi connectivity index (χ3n) is 5.14. The van der Waals surface area contributed by atoms with Crippen LogP contribution in [0.3, 0.4) is 0 Å². The quantitative estimate of drug-likeness (QED) is 0.633. The van der Waals surface area contributed by atoms with E-state index < -0.39 is 0 Å². The molecule has 0 spiro atoms. The van der Waals surface area contributed by atoms with Gasteiger partial charge in [-0.05, 0) is 35.9 Å². The first-order chi connectivity index (χ1) is 15.2. The maximum atomic E-state index is 12.8. The van der Waals surface area contributed by atoms with E-state index in [2.05, 4.69) is 11.1 Å². The van der Waals surface area contributed by atoms with Crippen LogP contribution in [0.5, 0.6) is 5.75 Å². The number of hydrogen-bond donors (Lipinski definition) is 0. The number of carbonyl (C=O) groups is 1. The number of nitriles is 1. The Morgan fingerprint density at radius 2 is 1.77 bits per heavy atom. The molecule has 1 aliphatic rings. The van der Waals surface area contributed by atoms with Gasteiger partial charge in [-0.15, -0.1) is 0 Å². The zero-order chi connectivity index (χ0) is 21.6. The number of aromatic nitrogens is 1. The summed E-state index contributed by atoms with van der Waals surface area (Å²) in [4.78, 5) is 20.8. The van der Waals surface area contributed by atoms with Crippen LogP contribution in [-0.4, -0.2) is 49.1 Å². The minimum absolute atomic E-state index is 0.0214. The lowest BCUT2D eigenvalue weighted by Crippen LogP contribution is -2.48. The monoisotopic (exact) mass is 414 g/mol. The van der Waals surface area contributed by atoms with Gasteiger partial charge in [0.15, 0.2) is 0 Å². The second kappa shape index (κ2) is 9.18. The molecule has 1 amide bonds. The molecule has 1 saturated heterocycles. The van der Waals surface area contributed by atoms with Crippen LogP contribution in [0.4, 0.5) is 5.88 Å². The fourth-order valence-corrected chi connectivity index (χ4v) is 3.45. The Bertz CT molecular complexity index is 1110. The van der Waals surface area contributed by atoms with Crippen molar-refractivity contribution < 1.29 is 13.9 Å². The number of benzene rings is 2. The number of hydrogen-bond acceptors (Lipinski definition) is 6. The van der Waals surface area contributed by atoms with Crippen LogP contribution in [0.1, 0.15) is 27.5 Å². The summed E-state index contributed by atoms with van der Waals surface area (Å²) in [6.07, 6.45) is 3.64. The zero-order valence-electron chi connectivity index (χ0n) is 17.2. The maximum absolute atomic E-state index is 12.8. The average molecular weight is 414 g/mol. The number of anilines is 1. The minimum Gasteiger partial charge on any atom is -0.497 e. The van der Waals surface area contributed by atoms with E-state index in [0.717, 1.165) is 5.56 Å². The fourth-order valence-electron chi connectivity index (χ4n) is 3.45. The van der Waals surface area contributed by atoms with Gasteiger partial charge in [-0.1, -0.05) is 30.3 Å². The van der Waals surface area contributed by atoms with Crippen molar-refractivity contribution in [2.24, 2.45) is 0 Å². The SMILES string of the molecule is COc1ccc(C(=O)N2CCN(c3oc(/C=C/c4ccccc4)nc3C#N)CC2)cc1. The highest BCUT2D eigenvalue weighted by Gasteiger charge is 2.26. The van der Waals surface area contributed by atoms with Gasteiger partial charge in [0, 0.05) is 37.8 Å². The predicted octanol–water partition coefficient (Wildman–Crippen LogP) is 3.69. The number of rotatable bonds is 5. The molecular formula is C24H22N4O3. The lowest BCUT2D eigenvalue weighted by molar-refractivity contribution is 0.0745. The van der Waals surface area contributed by atoms with Gasteiger partial charge in [0.2, 0.25) is 17.5 Å². The average Bonchev–Trinajstić information content (AvgIpc) is 3.26. The van der Waals surface area contributed by atoms with Crippen molar-refractivity contribution in [3.63, 3.8) is 0 Å². The number of nitrogens with zero attached hydrogens (tertiary/aromatic N) is 4. The highest BCUT2D eigenvalue weighted by atomic mass is 16.5. The molecule has 2 aromatic carbocycles. The summed E-state index contributed by atoms with van der Waals surface area (Å²) in [6.45, 7) is 2.19. The maximum Gasteiger partial charge on any atom is 0.253 e. The summed E-state index contributed by atoms with van der Waals surface area (Å²) >= 11 is 0. The molecule has 1 aromatic heterocycles. The van der Waals surface area contributed by atoms with Crippen LogP contribution < -0.4 is 9.64 Å². The Labute approximate surface area is 180 Å². The molecule has 31 heavy (non-hydrogen) atoms. The zero-order valence-corrected chi connectivity index (χ0v) is 17.2. The molecule has 2 heterocycles. The van der Waals surface area contributed by atoms with Gasteiger partial charge in [-0.3, -0.25) is 4.79 Å². The smallest absolute Gasteiger partial charge is 0.253 e. The van der Waals surface area contributed by atoms with Crippen LogP contribution >= 0.6 is 0 Å². The molecule has 0 bridgehead atoms. The van der Waals surface area contributed by atoms with Crippen molar-refractivity contribution in [3.05, 3.63) is 77.3 Å². The molecule has 4 rings (SSSR count). The molecule has 0 atom stereocenters. The van der Waals surface area contributed by atoms with Gasteiger partial charge < -0.3 is 19.0 Å². The molecule has 1 fully saturated rings. The third-order valence-corrected chi connectivity index (χ3v) is 5.14. The second-order valence-corrected chi connectivity index (χ2v) is 7.07. The summed E-state index contributed by atoms with van der Waals surface area (Å²) in [5.74, 6) is 1.53. The van der Waals surface area contributed by atoms with Crippen LogP contribution in [-0.2, 0) is 0 Å². The van der Waals surface area contributed by atoms with E-state index in [4.69, 9.17) is 9.15 Å². The van der Waals surface area contributed by atoms with Crippen molar-refractivity contribution >= 4 is 23.9 Å². The Kier molecular flexibility index (Phi) is 5.99. The first-order valence-electron chi connectivity index (χ1n) is 10.0. The van der Waals surface area contributed by atoms with E-state index in [1.54, 1.807) is 42.4 Å². The standard InChI is InChI=1S/C24H22N4O3/c1-30-20-10-8-19(9-11-20)23(29)27-13-15-28(16-14-27)24-21(17-25)26-22(31-24)12-7-18-5-3-2-4-6-18/h2-12H,13-16H2,1H3/b12-7+. The topological polar surface area (TPSA) is 82.6 Å². The van der Waals surface area contributed by atoms with Gasteiger partial charge >= 0.3 is 0 Å². The summed E-state index contributed by atoms with van der Waals surface area (Å²) in [5, 5.41) is 9.48. The summed E-state index contributed by atoms with van der Waals surface area (Å²) in [7, 11) is 1.60. The van der Waals surface area contributed by atoms with Gasteiger partial charge in [0.25, 0.3) is 5.91 Å². The Morgan fingerprint density at radius 1 is 1.06 bits per heavy atom. The normalized spacial score (nSPS) is 13.9. The molecule has 7 nitrogen and oxygen atoms in total. The van der Waals surface area contributed by atoms with Gasteiger partial charge in [-0.2, -0.15) is 10.2 Å². The first-order valence-corrected chi connectivity index (χ1v) is 10.0. The number of carbonyl (C=O) groups excluding carboxylic acids is 1. The van der Waals surface area contributed by atoms with E-state index >= 15 is 0 Å². The van der Waals surface area contributed by atoms with E-state index in [-0.39, 0.29) is 11.6 Å². The van der Waals surface area contributed by atoms with E-state index in [0.29, 0.717) is 49.3 Å². The number of piperazine rings is 1. The van der Waals surface area contributed by atoms with Crippen LogP contribution in [0, 0.1) is 11.3 Å². The second-order valence-electron chi connectivity index (χ2n) is 7.07. The molecular weight excluding hydrogens is 392 g/mol. The van der Waals surface area contributed by atoms with E-state index in [1.807, 2.05) is 41.3 Å². The molecule has 1 aliphatic heterocycles. The highest BCUT2D eigenvalue weighted by molar-refractivity contribution is 5.94. The van der Waals surface area contributed by atoms with E-state index in [1.165, 1.54) is 0 Å². The number of oxazole rings is 1. The molecule has 0 saturated carbocycles. The molecule has 7 heteroatoms. The largest absolute Gasteiger partial charge is 0.497 e. The van der Waals surface area contributed by atoms with Gasteiger partial charge in [0.1, 0.15) is 11.8 Å². The van der Waals surface area contributed by atoms with Crippen LogP contribution in [0.25, 0.3) is 12.2 Å². The molecule has 156 valence electrons. The third kappa shape index (κ3) is 4.59. The molecule has 0 unspecified atom stereocenters. The van der Waals surface area contributed by atoms with Crippen molar-refractivity contribution in [2.75, 3.05) is 38.2 Å². The predicted molar refractivity (Wildman–Crippen MR) is 118 cm³/mol. The lowest BCUT2D eigenvalue weighted by atomic mass is 10.1. The lowest BCUT2D eigenvalue weighted by Gasteiger charge is -2.34. The van der Waals surface area contributed by atoms with Crippen molar-refractivity contribution in [3.8, 4) is 11.8 Å². The Hall–Kier alpha value is -4.05. The van der Waals surface area contributed by atoms with Crippen molar-refractivity contribution in [1.29, 1.82) is 5.26 Å². The number of amides is 1. The molecule has 0 aliphatic carbocycles. The van der Waals surface area contributed by atoms with Crippen molar-refractivity contribution in [1.82, 2.24) is 9.88 Å². The molecule has 3 aromatic rings. The summed E-state index contributed by atoms with van der Waals surface area (Å²) < 4.78 is 11.0. The Balaban J connectivity index is 1.42. The van der Waals surface area contributed by atoms with Crippen LogP contribution in [0.2, 0.25) is 0 Å². The van der Waals surface area contributed by atoms with Gasteiger partial charge in [-0.25, -0.2) is 0 Å². The van der Waals surface area contributed by atoms with Crippen LogP contribution in [0.15, 0.2) is 59.0 Å². The van der Waals surface area contributed by atoms with Gasteiger partial charge in [0.05, 0.1) is 7.11 Å².